The number of allylic oxidation sites excluding steroid dienone is 1. The summed E-state index contributed by atoms with van der Waals surface area (Å²) in [6, 6.07) is 0. The van der Waals surface area contributed by atoms with E-state index in [-0.39, 0.29) is 5.57 Å². The predicted octanol–water partition coefficient (Wildman–Crippen LogP) is 0.691. The molecule has 1 aliphatic heterocycles. The fraction of sp³-hybridized carbons (Fsp3) is 0.500. The first-order valence-corrected chi connectivity index (χ1v) is 3.97. The van der Waals surface area contributed by atoms with Gasteiger partial charge in [-0.3, -0.25) is 4.79 Å². The fourth-order valence-corrected chi connectivity index (χ4v) is 0.922. The van der Waals surface area contributed by atoms with Crippen LogP contribution in [0, 0.1) is 0 Å². The third-order valence-corrected chi connectivity index (χ3v) is 1.61. The summed E-state index contributed by atoms with van der Waals surface area (Å²) in [5.74, 6) is -1.01. The molecule has 1 N–H and O–H groups in total. The van der Waals surface area contributed by atoms with E-state index >= 15 is 0 Å². The Morgan fingerprint density at radius 1 is 1.50 bits per heavy atom. The second-order valence-corrected chi connectivity index (χ2v) is 2.58. The van der Waals surface area contributed by atoms with Gasteiger partial charge in [-0.1, -0.05) is 25.8 Å². The van der Waals surface area contributed by atoms with E-state index in [4.69, 9.17) is 0 Å². The summed E-state index contributed by atoms with van der Waals surface area (Å²) in [4.78, 5) is 26.0. The Balaban J connectivity index is 2.53. The van der Waals surface area contributed by atoms with Crippen LogP contribution in [0.3, 0.4) is 0 Å². The van der Waals surface area contributed by atoms with Gasteiger partial charge in [0.2, 0.25) is 0 Å². The van der Waals surface area contributed by atoms with Crippen LogP contribution >= 0.6 is 0 Å². The molecule has 4 heteroatoms. The maximum atomic E-state index is 10.9. The van der Waals surface area contributed by atoms with Crippen LogP contribution in [0.25, 0.3) is 0 Å². The minimum Gasteiger partial charge on any atom is -0.335 e. The highest BCUT2D eigenvalue weighted by atomic mass is 16.7. The number of hydrogen-bond acceptors (Lipinski definition) is 3. The van der Waals surface area contributed by atoms with Crippen molar-refractivity contribution in [2.75, 3.05) is 0 Å². The number of carbonyl (C=O) groups is 2. The molecule has 0 spiro atoms. The van der Waals surface area contributed by atoms with Crippen molar-refractivity contribution in [3.63, 3.8) is 0 Å². The molecule has 12 heavy (non-hydrogen) atoms. The summed E-state index contributed by atoms with van der Waals surface area (Å²) >= 11 is 0. The van der Waals surface area contributed by atoms with Crippen molar-refractivity contribution in [2.45, 2.75) is 26.2 Å². The van der Waals surface area contributed by atoms with Crippen molar-refractivity contribution in [1.82, 2.24) is 5.48 Å². The van der Waals surface area contributed by atoms with Gasteiger partial charge in [-0.2, -0.15) is 5.48 Å². The summed E-state index contributed by atoms with van der Waals surface area (Å²) in [5.41, 5.74) is 2.12. The number of hydrogen-bond donors (Lipinski definition) is 1. The first-order chi connectivity index (χ1) is 5.75. The first-order valence-electron chi connectivity index (χ1n) is 3.97. The Bertz CT molecular complexity index is 214. The van der Waals surface area contributed by atoms with Gasteiger partial charge in [-0.25, -0.2) is 4.79 Å². The molecule has 1 fully saturated rings. The molecule has 0 saturated carbocycles. The van der Waals surface area contributed by atoms with E-state index in [2.05, 4.69) is 4.84 Å². The Morgan fingerprint density at radius 3 is 2.75 bits per heavy atom. The van der Waals surface area contributed by atoms with Crippen LogP contribution in [-0.4, -0.2) is 11.9 Å². The molecule has 0 radical (unpaired) electrons. The maximum absolute atomic E-state index is 10.9. The molecule has 0 atom stereocenters. The highest BCUT2D eigenvalue weighted by molar-refractivity contribution is 6.19. The van der Waals surface area contributed by atoms with Crippen molar-refractivity contribution < 1.29 is 14.4 Å². The average molecular weight is 169 g/mol. The molecule has 1 saturated heterocycles. The molecule has 1 amide bonds. The third kappa shape index (κ3) is 1.84. The van der Waals surface area contributed by atoms with Gasteiger partial charge in [-0.15, -0.1) is 0 Å². The third-order valence-electron chi connectivity index (χ3n) is 1.61. The van der Waals surface area contributed by atoms with E-state index in [1.807, 2.05) is 12.4 Å². The predicted molar refractivity (Wildman–Crippen MR) is 41.8 cm³/mol. The number of unbranched alkanes of at least 4 members (excludes halogenated alkanes) is 2. The smallest absolute Gasteiger partial charge is 0.335 e. The van der Waals surface area contributed by atoms with Crippen LogP contribution in [-0.2, 0) is 14.4 Å². The molecule has 0 aromatic carbocycles. The summed E-state index contributed by atoms with van der Waals surface area (Å²) in [5, 5.41) is 0. The topological polar surface area (TPSA) is 55.4 Å². The lowest BCUT2D eigenvalue weighted by molar-refractivity contribution is -0.143. The van der Waals surface area contributed by atoms with Crippen LogP contribution in [0.1, 0.15) is 26.2 Å². The van der Waals surface area contributed by atoms with E-state index in [0.29, 0.717) is 0 Å². The molecular weight excluding hydrogens is 158 g/mol. The van der Waals surface area contributed by atoms with Crippen LogP contribution in [0.4, 0.5) is 0 Å². The van der Waals surface area contributed by atoms with E-state index in [1.54, 1.807) is 6.08 Å². The van der Waals surface area contributed by atoms with Gasteiger partial charge in [0.25, 0.3) is 5.91 Å². The zero-order valence-electron chi connectivity index (χ0n) is 6.92. The Labute approximate surface area is 70.5 Å². The summed E-state index contributed by atoms with van der Waals surface area (Å²) in [6.45, 7) is 2.05. The lowest BCUT2D eigenvalue weighted by atomic mass is 10.1. The van der Waals surface area contributed by atoms with Gasteiger partial charge in [0.1, 0.15) is 5.57 Å². The molecule has 0 aliphatic carbocycles. The molecule has 66 valence electrons. The van der Waals surface area contributed by atoms with E-state index in [1.165, 1.54) is 0 Å². The minimum absolute atomic E-state index is 0.128. The van der Waals surface area contributed by atoms with Crippen LogP contribution < -0.4 is 5.48 Å². The fourth-order valence-electron chi connectivity index (χ4n) is 0.922. The quantitative estimate of drug-likeness (QED) is 0.384. The van der Waals surface area contributed by atoms with Gasteiger partial charge in [0.15, 0.2) is 0 Å². The minimum atomic E-state index is -0.573. The number of amides is 1. The average Bonchev–Trinajstić information content (AvgIpc) is 2.35. The molecule has 0 aromatic heterocycles. The molecule has 1 rings (SSSR count). The number of nitrogens with one attached hydrogen (secondary N) is 1. The Hall–Kier alpha value is -1.32. The van der Waals surface area contributed by atoms with Crippen LogP contribution in [0.2, 0.25) is 0 Å². The number of rotatable bonds is 3. The number of carbonyl (C=O) groups excluding carboxylic acids is 2. The van der Waals surface area contributed by atoms with Crippen LogP contribution in [0.15, 0.2) is 11.6 Å². The summed E-state index contributed by atoms with van der Waals surface area (Å²) in [7, 11) is 0. The van der Waals surface area contributed by atoms with Crippen molar-refractivity contribution in [2.24, 2.45) is 0 Å². The van der Waals surface area contributed by atoms with Crippen molar-refractivity contribution >= 4 is 11.9 Å². The standard InChI is InChI=1S/C8H11NO3/c1-2-3-4-5-6-7(10)9-12-8(6)11/h5H,2-4H2,1H3,(H,9,10). The summed E-state index contributed by atoms with van der Waals surface area (Å²) < 4.78 is 0. The normalized spacial score (nSPS) is 19.6. The molecule has 4 nitrogen and oxygen atoms in total. The van der Waals surface area contributed by atoms with Gasteiger partial charge in [-0.05, 0) is 6.42 Å². The zero-order valence-corrected chi connectivity index (χ0v) is 6.92. The molecule has 1 aliphatic rings. The van der Waals surface area contributed by atoms with E-state index in [0.717, 1.165) is 19.3 Å². The van der Waals surface area contributed by atoms with Gasteiger partial charge >= 0.3 is 5.97 Å². The lowest BCUT2D eigenvalue weighted by Gasteiger charge is -1.88. The van der Waals surface area contributed by atoms with Crippen molar-refractivity contribution in [1.29, 1.82) is 0 Å². The Morgan fingerprint density at radius 2 is 2.25 bits per heavy atom. The highest BCUT2D eigenvalue weighted by Gasteiger charge is 2.27. The largest absolute Gasteiger partial charge is 0.368 e. The molecule has 0 bridgehead atoms. The molecule has 0 unspecified atom stereocenters. The highest BCUT2D eigenvalue weighted by Crippen LogP contribution is 2.07. The monoisotopic (exact) mass is 169 g/mol. The van der Waals surface area contributed by atoms with Gasteiger partial charge in [0, 0.05) is 0 Å². The molecular formula is C8H11NO3. The molecule has 1 heterocycles. The van der Waals surface area contributed by atoms with Crippen molar-refractivity contribution in [3.8, 4) is 0 Å². The van der Waals surface area contributed by atoms with E-state index in [9.17, 15) is 9.59 Å². The Kier molecular flexibility index (Phi) is 2.85. The molecule has 0 aromatic rings. The number of hydroxylamine groups is 1. The first kappa shape index (κ1) is 8.77. The second-order valence-electron chi connectivity index (χ2n) is 2.58. The van der Waals surface area contributed by atoms with E-state index < -0.39 is 11.9 Å². The van der Waals surface area contributed by atoms with Gasteiger partial charge < -0.3 is 4.84 Å². The SMILES string of the molecule is CCCCC=C1C(=O)NOC1=O. The second kappa shape index (κ2) is 3.90. The maximum Gasteiger partial charge on any atom is 0.368 e. The van der Waals surface area contributed by atoms with Gasteiger partial charge in [0.05, 0.1) is 0 Å². The van der Waals surface area contributed by atoms with Crippen LogP contribution in [0.5, 0.6) is 0 Å². The van der Waals surface area contributed by atoms with Crippen molar-refractivity contribution in [3.05, 3.63) is 11.6 Å². The lowest BCUT2D eigenvalue weighted by Crippen LogP contribution is -2.12. The summed E-state index contributed by atoms with van der Waals surface area (Å²) in [6.07, 6.45) is 4.38. The zero-order chi connectivity index (χ0) is 8.97.